The zero-order chi connectivity index (χ0) is 10.1. The fourth-order valence-electron chi connectivity index (χ4n) is 1.05. The van der Waals surface area contributed by atoms with Crippen molar-refractivity contribution in [1.82, 2.24) is 0 Å². The first-order valence-corrected chi connectivity index (χ1v) is 4.89. The normalized spacial score (nSPS) is 11.8. The van der Waals surface area contributed by atoms with Crippen molar-refractivity contribution in [2.75, 3.05) is 6.26 Å². The lowest BCUT2D eigenvalue weighted by atomic mass is 10.1. The highest BCUT2D eigenvalue weighted by atomic mass is 32.2. The van der Waals surface area contributed by atoms with Gasteiger partial charge in [-0.3, -0.25) is 0 Å². The van der Waals surface area contributed by atoms with Gasteiger partial charge in [0.1, 0.15) is 0 Å². The van der Waals surface area contributed by atoms with Crippen LogP contribution in [0, 0.1) is 6.92 Å². The van der Waals surface area contributed by atoms with Gasteiger partial charge in [0.05, 0.1) is 5.56 Å². The molecular formula is C9H9F3S. The SMILES string of the molecule is CSc1ccc(C(F)(F)F)cc1C. The van der Waals surface area contributed by atoms with Crippen molar-refractivity contribution in [1.29, 1.82) is 0 Å². The van der Waals surface area contributed by atoms with Gasteiger partial charge in [-0.1, -0.05) is 0 Å². The summed E-state index contributed by atoms with van der Waals surface area (Å²) in [5.74, 6) is 0. The van der Waals surface area contributed by atoms with Crippen molar-refractivity contribution < 1.29 is 13.2 Å². The first-order chi connectivity index (χ1) is 5.95. The number of alkyl halides is 3. The molecule has 0 aliphatic rings. The van der Waals surface area contributed by atoms with Gasteiger partial charge in [0, 0.05) is 4.90 Å². The summed E-state index contributed by atoms with van der Waals surface area (Å²) in [6.07, 6.45) is -2.39. The molecule has 0 fully saturated rings. The van der Waals surface area contributed by atoms with Crippen molar-refractivity contribution >= 4 is 11.8 Å². The zero-order valence-corrected chi connectivity index (χ0v) is 8.09. The van der Waals surface area contributed by atoms with Gasteiger partial charge in [-0.05, 0) is 36.9 Å². The maximum Gasteiger partial charge on any atom is 0.416 e. The summed E-state index contributed by atoms with van der Waals surface area (Å²) in [5.41, 5.74) is 0.0881. The van der Waals surface area contributed by atoms with E-state index in [0.717, 1.165) is 11.0 Å². The smallest absolute Gasteiger partial charge is 0.166 e. The lowest BCUT2D eigenvalue weighted by molar-refractivity contribution is -0.137. The van der Waals surface area contributed by atoms with Crippen molar-refractivity contribution in [2.24, 2.45) is 0 Å². The molecule has 0 N–H and O–H groups in total. The Morgan fingerprint density at radius 1 is 1.23 bits per heavy atom. The predicted octanol–water partition coefficient (Wildman–Crippen LogP) is 3.74. The third-order valence-electron chi connectivity index (χ3n) is 1.72. The van der Waals surface area contributed by atoms with E-state index < -0.39 is 11.7 Å². The minimum atomic E-state index is -4.23. The van der Waals surface area contributed by atoms with Gasteiger partial charge in [-0.2, -0.15) is 13.2 Å². The van der Waals surface area contributed by atoms with Crippen LogP contribution in [0.2, 0.25) is 0 Å². The topological polar surface area (TPSA) is 0 Å². The number of rotatable bonds is 1. The molecule has 0 saturated carbocycles. The zero-order valence-electron chi connectivity index (χ0n) is 7.27. The van der Waals surface area contributed by atoms with Crippen LogP contribution in [0.25, 0.3) is 0 Å². The number of thioether (sulfide) groups is 1. The lowest BCUT2D eigenvalue weighted by Crippen LogP contribution is -2.04. The van der Waals surface area contributed by atoms with E-state index in [-0.39, 0.29) is 0 Å². The van der Waals surface area contributed by atoms with E-state index in [9.17, 15) is 13.2 Å². The Labute approximate surface area is 79.1 Å². The molecule has 1 aromatic rings. The van der Waals surface area contributed by atoms with Crippen LogP contribution in [-0.2, 0) is 6.18 Å². The number of benzene rings is 1. The highest BCUT2D eigenvalue weighted by Crippen LogP contribution is 2.32. The summed E-state index contributed by atoms with van der Waals surface area (Å²) in [6, 6.07) is 3.79. The third kappa shape index (κ3) is 2.40. The fraction of sp³-hybridized carbons (Fsp3) is 0.333. The molecule has 0 saturated heterocycles. The molecule has 1 rings (SSSR count). The van der Waals surface area contributed by atoms with Crippen LogP contribution in [-0.4, -0.2) is 6.26 Å². The largest absolute Gasteiger partial charge is 0.416 e. The molecule has 0 unspecified atom stereocenters. The molecule has 0 radical (unpaired) electrons. The molecule has 72 valence electrons. The number of hydrogen-bond acceptors (Lipinski definition) is 1. The number of halogens is 3. The summed E-state index contributed by atoms with van der Waals surface area (Å²) < 4.78 is 36.6. The van der Waals surface area contributed by atoms with Crippen LogP contribution in [0.15, 0.2) is 23.1 Å². The second-order valence-corrected chi connectivity index (χ2v) is 3.53. The minimum Gasteiger partial charge on any atom is -0.166 e. The molecular weight excluding hydrogens is 197 g/mol. The Bertz CT molecular complexity index is 304. The van der Waals surface area contributed by atoms with Crippen molar-refractivity contribution in [3.63, 3.8) is 0 Å². The van der Waals surface area contributed by atoms with Crippen molar-refractivity contribution in [2.45, 2.75) is 18.0 Å². The first-order valence-electron chi connectivity index (χ1n) is 3.67. The quantitative estimate of drug-likeness (QED) is 0.631. The van der Waals surface area contributed by atoms with Crippen LogP contribution < -0.4 is 0 Å². The van der Waals surface area contributed by atoms with Crippen molar-refractivity contribution in [3.8, 4) is 0 Å². The Kier molecular flexibility index (Phi) is 2.91. The summed E-state index contributed by atoms with van der Waals surface area (Å²) in [7, 11) is 0. The van der Waals surface area contributed by atoms with E-state index in [1.807, 2.05) is 6.26 Å². The number of hydrogen-bond donors (Lipinski definition) is 0. The van der Waals surface area contributed by atoms with Crippen LogP contribution in [0.3, 0.4) is 0 Å². The van der Waals surface area contributed by atoms with E-state index >= 15 is 0 Å². The molecule has 0 amide bonds. The fourth-order valence-corrected chi connectivity index (χ4v) is 1.64. The maximum absolute atomic E-state index is 12.2. The van der Waals surface area contributed by atoms with E-state index in [2.05, 4.69) is 0 Å². The van der Waals surface area contributed by atoms with E-state index in [4.69, 9.17) is 0 Å². The van der Waals surface area contributed by atoms with Gasteiger partial charge in [-0.15, -0.1) is 11.8 Å². The van der Waals surface area contributed by atoms with Crippen LogP contribution >= 0.6 is 11.8 Å². The maximum atomic E-state index is 12.2. The predicted molar refractivity (Wildman–Crippen MR) is 48.0 cm³/mol. The molecule has 0 atom stereocenters. The van der Waals surface area contributed by atoms with Gasteiger partial charge >= 0.3 is 6.18 Å². The molecule has 0 aliphatic heterocycles. The Balaban J connectivity index is 3.10. The van der Waals surface area contributed by atoms with E-state index in [1.54, 1.807) is 6.92 Å². The third-order valence-corrected chi connectivity index (χ3v) is 2.62. The average molecular weight is 206 g/mol. The average Bonchev–Trinajstić information content (AvgIpc) is 2.02. The summed E-state index contributed by atoms with van der Waals surface area (Å²) in [6.45, 7) is 1.68. The molecule has 1 aromatic carbocycles. The second-order valence-electron chi connectivity index (χ2n) is 2.68. The molecule has 4 heteroatoms. The highest BCUT2D eigenvalue weighted by Gasteiger charge is 2.30. The molecule has 13 heavy (non-hydrogen) atoms. The summed E-state index contributed by atoms with van der Waals surface area (Å²) in [4.78, 5) is 0.882. The van der Waals surface area contributed by atoms with Gasteiger partial charge < -0.3 is 0 Å². The minimum absolute atomic E-state index is 0.581. The van der Waals surface area contributed by atoms with Gasteiger partial charge in [-0.25, -0.2) is 0 Å². The van der Waals surface area contributed by atoms with E-state index in [0.29, 0.717) is 5.56 Å². The van der Waals surface area contributed by atoms with Gasteiger partial charge in [0.2, 0.25) is 0 Å². The van der Waals surface area contributed by atoms with Crippen LogP contribution in [0.5, 0.6) is 0 Å². The van der Waals surface area contributed by atoms with Gasteiger partial charge in [0.15, 0.2) is 0 Å². The summed E-state index contributed by atoms with van der Waals surface area (Å²) in [5, 5.41) is 0. The van der Waals surface area contributed by atoms with Crippen LogP contribution in [0.4, 0.5) is 13.2 Å². The first kappa shape index (κ1) is 10.4. The standard InChI is InChI=1S/C9H9F3S/c1-6-5-7(9(10,11)12)3-4-8(6)13-2/h3-5H,1-2H3. The number of aryl methyl sites for hydroxylation is 1. The van der Waals surface area contributed by atoms with Gasteiger partial charge in [0.25, 0.3) is 0 Å². The Morgan fingerprint density at radius 3 is 2.23 bits per heavy atom. The molecule has 0 aliphatic carbocycles. The van der Waals surface area contributed by atoms with E-state index in [1.165, 1.54) is 23.9 Å². The lowest BCUT2D eigenvalue weighted by Gasteiger charge is -2.09. The summed E-state index contributed by atoms with van der Waals surface area (Å²) >= 11 is 1.45. The molecule has 0 heterocycles. The molecule has 0 nitrogen and oxygen atoms in total. The highest BCUT2D eigenvalue weighted by molar-refractivity contribution is 7.98. The molecule has 0 bridgehead atoms. The Hall–Kier alpha value is -0.640. The van der Waals surface area contributed by atoms with Crippen molar-refractivity contribution in [3.05, 3.63) is 29.3 Å². The van der Waals surface area contributed by atoms with Crippen LogP contribution in [0.1, 0.15) is 11.1 Å². The second kappa shape index (κ2) is 3.62. The molecule has 0 aromatic heterocycles. The Morgan fingerprint density at radius 2 is 1.85 bits per heavy atom. The molecule has 0 spiro atoms. The monoisotopic (exact) mass is 206 g/mol.